The van der Waals surface area contributed by atoms with E-state index < -0.39 is 0 Å². The Kier molecular flexibility index (Phi) is 5.82. The number of H-pyrrole nitrogens is 1. The second kappa shape index (κ2) is 7.13. The molecule has 0 bridgehead atoms. The molecular weight excluding hydrogens is 244 g/mol. The molecule has 6 heteroatoms. The van der Waals surface area contributed by atoms with Gasteiger partial charge in [-0.25, -0.2) is 0 Å². The lowest BCUT2D eigenvalue weighted by Crippen LogP contribution is -2.42. The minimum absolute atomic E-state index is 0.0623. The molecule has 0 aromatic carbocycles. The summed E-state index contributed by atoms with van der Waals surface area (Å²) >= 11 is 0. The van der Waals surface area contributed by atoms with Crippen LogP contribution >= 0.6 is 0 Å². The van der Waals surface area contributed by atoms with E-state index in [4.69, 9.17) is 10.8 Å². The van der Waals surface area contributed by atoms with E-state index in [-0.39, 0.29) is 24.2 Å². The third-order valence-electron chi connectivity index (χ3n) is 3.42. The zero-order valence-electron chi connectivity index (χ0n) is 11.9. The first-order valence-corrected chi connectivity index (χ1v) is 6.85. The Bertz CT molecular complexity index is 413. The average Bonchev–Trinajstić information content (AvgIpc) is 2.79. The van der Waals surface area contributed by atoms with E-state index in [0.717, 1.165) is 18.5 Å². The molecule has 0 aliphatic heterocycles. The highest BCUT2D eigenvalue weighted by atomic mass is 16.3. The third-order valence-corrected chi connectivity index (χ3v) is 3.42. The standard InChI is InChI=1S/C13H24N4O2/c1-4-9(5-2)17(7-8-18)13(19)12-11(14)10(6-3)15-16-12/h9,18H,4-8,14H2,1-3H3,(H,15,16). The molecule has 19 heavy (non-hydrogen) atoms. The van der Waals surface area contributed by atoms with Crippen LogP contribution in [0.2, 0.25) is 0 Å². The van der Waals surface area contributed by atoms with Crippen LogP contribution in [0.3, 0.4) is 0 Å². The van der Waals surface area contributed by atoms with Crippen molar-refractivity contribution in [1.82, 2.24) is 15.1 Å². The number of amides is 1. The van der Waals surface area contributed by atoms with Crippen molar-refractivity contribution in [1.29, 1.82) is 0 Å². The number of aryl methyl sites for hydroxylation is 1. The van der Waals surface area contributed by atoms with Crippen molar-refractivity contribution in [3.8, 4) is 0 Å². The van der Waals surface area contributed by atoms with Gasteiger partial charge >= 0.3 is 0 Å². The Morgan fingerprint density at radius 3 is 2.47 bits per heavy atom. The molecule has 4 N–H and O–H groups in total. The smallest absolute Gasteiger partial charge is 0.276 e. The van der Waals surface area contributed by atoms with Crippen LogP contribution in [-0.2, 0) is 6.42 Å². The van der Waals surface area contributed by atoms with E-state index >= 15 is 0 Å². The summed E-state index contributed by atoms with van der Waals surface area (Å²) in [5.74, 6) is -0.212. The summed E-state index contributed by atoms with van der Waals surface area (Å²) in [6.45, 7) is 6.24. The van der Waals surface area contributed by atoms with Crippen LogP contribution in [0.5, 0.6) is 0 Å². The summed E-state index contributed by atoms with van der Waals surface area (Å²) in [5, 5.41) is 15.9. The van der Waals surface area contributed by atoms with Gasteiger partial charge in [-0.15, -0.1) is 0 Å². The fraction of sp³-hybridized carbons (Fsp3) is 0.692. The van der Waals surface area contributed by atoms with Crippen molar-refractivity contribution in [2.75, 3.05) is 18.9 Å². The number of nitrogen functional groups attached to an aromatic ring is 1. The first kappa shape index (κ1) is 15.5. The summed E-state index contributed by atoms with van der Waals surface area (Å²) in [6.07, 6.45) is 2.39. The largest absolute Gasteiger partial charge is 0.395 e. The summed E-state index contributed by atoms with van der Waals surface area (Å²) in [5.41, 5.74) is 7.38. The van der Waals surface area contributed by atoms with Crippen molar-refractivity contribution in [2.45, 2.75) is 46.1 Å². The number of hydrogen-bond acceptors (Lipinski definition) is 4. The van der Waals surface area contributed by atoms with Gasteiger partial charge in [-0.1, -0.05) is 20.8 Å². The Balaban J connectivity index is 3.01. The highest BCUT2D eigenvalue weighted by Crippen LogP contribution is 2.19. The van der Waals surface area contributed by atoms with Gasteiger partial charge in [-0.3, -0.25) is 9.89 Å². The van der Waals surface area contributed by atoms with Gasteiger partial charge in [0.2, 0.25) is 0 Å². The molecule has 0 aliphatic carbocycles. The number of nitrogens with two attached hydrogens (primary N) is 1. The zero-order chi connectivity index (χ0) is 14.4. The number of aliphatic hydroxyl groups is 1. The lowest BCUT2D eigenvalue weighted by Gasteiger charge is -2.29. The van der Waals surface area contributed by atoms with Crippen molar-refractivity contribution >= 4 is 11.6 Å². The Labute approximate surface area is 114 Å². The molecule has 1 amide bonds. The molecule has 0 radical (unpaired) electrons. The maximum Gasteiger partial charge on any atom is 0.276 e. The van der Waals surface area contributed by atoms with Gasteiger partial charge in [0.1, 0.15) is 0 Å². The number of nitrogens with one attached hydrogen (secondary N) is 1. The second-order valence-corrected chi connectivity index (χ2v) is 4.51. The van der Waals surface area contributed by atoms with Crippen molar-refractivity contribution in [2.24, 2.45) is 0 Å². The van der Waals surface area contributed by atoms with E-state index in [0.29, 0.717) is 18.7 Å². The van der Waals surface area contributed by atoms with Crippen LogP contribution in [0.15, 0.2) is 0 Å². The third kappa shape index (κ3) is 3.26. The molecule has 0 saturated carbocycles. The molecule has 1 rings (SSSR count). The second-order valence-electron chi connectivity index (χ2n) is 4.51. The number of aliphatic hydroxyl groups excluding tert-OH is 1. The van der Waals surface area contributed by atoms with Gasteiger partial charge < -0.3 is 15.7 Å². The average molecular weight is 268 g/mol. The first-order valence-electron chi connectivity index (χ1n) is 6.85. The van der Waals surface area contributed by atoms with Crippen LogP contribution in [0.4, 0.5) is 5.69 Å². The number of hydrogen-bond donors (Lipinski definition) is 3. The van der Waals surface area contributed by atoms with Crippen LogP contribution in [0.25, 0.3) is 0 Å². The maximum absolute atomic E-state index is 12.5. The predicted molar refractivity (Wildman–Crippen MR) is 74.9 cm³/mol. The highest BCUT2D eigenvalue weighted by Gasteiger charge is 2.26. The minimum Gasteiger partial charge on any atom is -0.395 e. The quantitative estimate of drug-likeness (QED) is 0.692. The molecular formula is C13H24N4O2. The maximum atomic E-state index is 12.5. The molecule has 108 valence electrons. The molecule has 0 unspecified atom stereocenters. The molecule has 0 saturated heterocycles. The molecule has 0 fully saturated rings. The van der Waals surface area contributed by atoms with E-state index in [1.165, 1.54) is 0 Å². The Morgan fingerprint density at radius 2 is 2.05 bits per heavy atom. The van der Waals surface area contributed by atoms with Crippen LogP contribution in [0.1, 0.15) is 49.8 Å². The van der Waals surface area contributed by atoms with Gasteiger partial charge in [0.15, 0.2) is 5.69 Å². The number of carbonyl (C=O) groups excluding carboxylic acids is 1. The van der Waals surface area contributed by atoms with Gasteiger partial charge in [0, 0.05) is 12.6 Å². The predicted octanol–water partition coefficient (Wildman–Crippen LogP) is 1.18. The highest BCUT2D eigenvalue weighted by molar-refractivity contribution is 5.97. The van der Waals surface area contributed by atoms with Gasteiger partial charge in [0.25, 0.3) is 5.91 Å². The number of aromatic nitrogens is 2. The molecule has 1 aromatic rings. The van der Waals surface area contributed by atoms with Crippen LogP contribution in [-0.4, -0.2) is 45.3 Å². The fourth-order valence-electron chi connectivity index (χ4n) is 2.24. The lowest BCUT2D eigenvalue weighted by atomic mass is 10.1. The zero-order valence-corrected chi connectivity index (χ0v) is 11.9. The van der Waals surface area contributed by atoms with Gasteiger partial charge in [-0.05, 0) is 19.3 Å². The molecule has 0 atom stereocenters. The summed E-state index contributed by atoms with van der Waals surface area (Å²) in [4.78, 5) is 14.2. The molecule has 1 heterocycles. The topological polar surface area (TPSA) is 95.2 Å². The van der Waals surface area contributed by atoms with Crippen LogP contribution < -0.4 is 5.73 Å². The molecule has 6 nitrogen and oxygen atoms in total. The van der Waals surface area contributed by atoms with Crippen molar-refractivity contribution in [3.63, 3.8) is 0 Å². The normalized spacial score (nSPS) is 11.0. The summed E-state index contributed by atoms with van der Waals surface area (Å²) < 4.78 is 0. The Morgan fingerprint density at radius 1 is 1.42 bits per heavy atom. The number of aromatic amines is 1. The molecule has 0 aliphatic rings. The number of carbonyl (C=O) groups is 1. The summed E-state index contributed by atoms with van der Waals surface area (Å²) in [6, 6.07) is 0.0980. The Hall–Kier alpha value is -1.56. The monoisotopic (exact) mass is 268 g/mol. The fourth-order valence-corrected chi connectivity index (χ4v) is 2.24. The minimum atomic E-state index is -0.212. The van der Waals surface area contributed by atoms with Gasteiger partial charge in [0.05, 0.1) is 18.0 Å². The molecule has 1 aromatic heterocycles. The lowest BCUT2D eigenvalue weighted by molar-refractivity contribution is 0.0617. The van der Waals surface area contributed by atoms with E-state index in [1.807, 2.05) is 20.8 Å². The van der Waals surface area contributed by atoms with Crippen molar-refractivity contribution < 1.29 is 9.90 Å². The number of nitrogens with zero attached hydrogens (tertiary/aromatic N) is 2. The summed E-state index contributed by atoms with van der Waals surface area (Å²) in [7, 11) is 0. The first-order chi connectivity index (χ1) is 9.10. The van der Waals surface area contributed by atoms with Gasteiger partial charge in [-0.2, -0.15) is 5.10 Å². The number of rotatable bonds is 7. The van der Waals surface area contributed by atoms with Crippen LogP contribution in [0, 0.1) is 0 Å². The number of anilines is 1. The van der Waals surface area contributed by atoms with E-state index in [9.17, 15) is 4.79 Å². The van der Waals surface area contributed by atoms with E-state index in [1.54, 1.807) is 4.90 Å². The molecule has 0 spiro atoms. The van der Waals surface area contributed by atoms with Crippen molar-refractivity contribution in [3.05, 3.63) is 11.4 Å². The van der Waals surface area contributed by atoms with E-state index in [2.05, 4.69) is 10.2 Å². The SMILES string of the molecule is CCc1[nH]nc(C(=O)N(CCO)C(CC)CC)c1N.